The molecular formula is C68H56N2O4. The van der Waals surface area contributed by atoms with Crippen LogP contribution in [0.2, 0.25) is 0 Å². The molecule has 0 radical (unpaired) electrons. The van der Waals surface area contributed by atoms with Crippen LogP contribution in [0.25, 0.3) is 121 Å². The van der Waals surface area contributed by atoms with E-state index in [1.807, 2.05) is 18.2 Å². The molecule has 9 aromatic carbocycles. The predicted octanol–water partition coefficient (Wildman–Crippen LogP) is 17.4. The highest BCUT2D eigenvalue weighted by atomic mass is 16.3. The Kier molecular flexibility index (Phi) is 9.82. The third kappa shape index (κ3) is 6.63. The van der Waals surface area contributed by atoms with Crippen LogP contribution in [-0.2, 0) is 0 Å². The number of aromatic nitrogens is 2. The van der Waals surface area contributed by atoms with Gasteiger partial charge in [0, 0.05) is 10.8 Å². The first-order chi connectivity index (χ1) is 35.4. The van der Waals surface area contributed by atoms with Gasteiger partial charge in [-0.3, -0.25) is 9.59 Å². The molecule has 362 valence electrons. The summed E-state index contributed by atoms with van der Waals surface area (Å²) < 4.78 is 18.5. The predicted molar refractivity (Wildman–Crippen MR) is 309 cm³/mol. The Hall–Kier alpha value is -8.48. The zero-order valence-corrected chi connectivity index (χ0v) is 44.1. The van der Waals surface area contributed by atoms with Gasteiger partial charge >= 0.3 is 0 Å². The van der Waals surface area contributed by atoms with Gasteiger partial charge in [-0.2, -0.15) is 0 Å². The Morgan fingerprint density at radius 2 is 0.581 bits per heavy atom. The molecule has 0 bridgehead atoms. The van der Waals surface area contributed by atoms with Crippen molar-refractivity contribution in [2.24, 2.45) is 0 Å². The van der Waals surface area contributed by atoms with Crippen LogP contribution < -0.4 is 10.9 Å². The van der Waals surface area contributed by atoms with E-state index in [-0.39, 0.29) is 10.9 Å². The van der Waals surface area contributed by atoms with Gasteiger partial charge in [-0.25, -0.2) is 0 Å². The molecule has 0 spiro atoms. The van der Waals surface area contributed by atoms with Gasteiger partial charge in [0.2, 0.25) is 0 Å². The lowest BCUT2D eigenvalue weighted by atomic mass is 9.92. The van der Waals surface area contributed by atoms with Gasteiger partial charge in [-0.05, 0) is 233 Å². The van der Waals surface area contributed by atoms with Crippen molar-refractivity contribution < 1.29 is 8.83 Å². The Morgan fingerprint density at radius 3 is 0.905 bits per heavy atom. The highest BCUT2D eigenvalue weighted by Gasteiger charge is 2.25. The summed E-state index contributed by atoms with van der Waals surface area (Å²) >= 11 is 0. The van der Waals surface area contributed by atoms with Crippen molar-refractivity contribution in [1.82, 2.24) is 8.80 Å². The van der Waals surface area contributed by atoms with Crippen molar-refractivity contribution in [3.05, 3.63) is 209 Å². The smallest absolute Gasteiger partial charge is 0.197 e. The van der Waals surface area contributed by atoms with Gasteiger partial charge in [0.25, 0.3) is 0 Å². The number of pyridine rings is 2. The van der Waals surface area contributed by atoms with Crippen molar-refractivity contribution in [2.75, 3.05) is 0 Å². The number of hydrogen-bond donors (Lipinski definition) is 0. The van der Waals surface area contributed by atoms with Crippen molar-refractivity contribution >= 4 is 77.0 Å². The van der Waals surface area contributed by atoms with E-state index in [0.29, 0.717) is 65.9 Å². The van der Waals surface area contributed by atoms with E-state index in [9.17, 15) is 0 Å². The van der Waals surface area contributed by atoms with E-state index in [0.717, 1.165) is 66.7 Å². The molecular weight excluding hydrogens is 909 g/mol. The third-order valence-electron chi connectivity index (χ3n) is 15.9. The summed E-state index contributed by atoms with van der Waals surface area (Å²) in [7, 11) is 0. The van der Waals surface area contributed by atoms with Gasteiger partial charge in [-0.1, -0.05) is 82.9 Å². The van der Waals surface area contributed by atoms with Crippen LogP contribution in [0.15, 0.2) is 140 Å². The largest absolute Gasteiger partial charge is 0.453 e. The van der Waals surface area contributed by atoms with Gasteiger partial charge in [0.15, 0.2) is 33.2 Å². The molecule has 0 amide bonds. The second-order valence-corrected chi connectivity index (χ2v) is 21.6. The van der Waals surface area contributed by atoms with Gasteiger partial charge in [-0.15, -0.1) is 0 Å². The summed E-state index contributed by atoms with van der Waals surface area (Å²) in [5.41, 5.74) is 29.0. The lowest BCUT2D eigenvalue weighted by Gasteiger charge is -2.20. The maximum Gasteiger partial charge on any atom is 0.197 e. The van der Waals surface area contributed by atoms with Crippen molar-refractivity contribution in [2.45, 2.75) is 83.1 Å². The molecule has 4 heterocycles. The first-order valence-corrected chi connectivity index (χ1v) is 25.6. The monoisotopic (exact) mass is 964 g/mol. The lowest BCUT2D eigenvalue weighted by Crippen LogP contribution is -2.13. The van der Waals surface area contributed by atoms with E-state index in [1.54, 1.807) is 0 Å². The van der Waals surface area contributed by atoms with Gasteiger partial charge in [0.1, 0.15) is 11.0 Å². The minimum atomic E-state index is -0.163. The minimum Gasteiger partial charge on any atom is -0.453 e. The first-order valence-electron chi connectivity index (χ1n) is 25.6. The first kappa shape index (κ1) is 45.4. The number of fused-ring (bicyclic) bond motifs is 8. The summed E-state index contributed by atoms with van der Waals surface area (Å²) in [6, 6.07) is 42.7. The molecule has 13 aromatic rings. The molecule has 13 rings (SSSR count). The molecule has 0 aliphatic heterocycles. The average molecular weight is 965 g/mol. The lowest BCUT2D eigenvalue weighted by molar-refractivity contribution is 0.656. The SMILES string of the molecule is Cc1cc(C)c(-c2ccc3c(c2)oc2cc(-c4c(C)cc(C)cc4C)cc4c(=O)c5cc6c(=O)c7cc(-c8c(C)cc(C)cc8C)cc8oc9cc(-c%10c(C)cc(C)cc%10C)ccc9n(c6cc5n3c24)c87)c(C)c1. The van der Waals surface area contributed by atoms with Crippen LogP contribution in [0.5, 0.6) is 0 Å². The molecule has 74 heavy (non-hydrogen) atoms. The number of benzene rings is 9. The standard InChI is InChI=1S/C68H56N2O4/c1-33-17-37(5)61(38(6)18-33)45-13-15-53-57(27-45)73-59-29-47(63-41(9)21-35(3)22-42(63)10)25-51-65(59)69(53)55-32-56-50(31-49(55)67(51)71)68(72)52-26-48(64-43(11)23-36(4)24-44(64)12)30-60-66(52)70(56)54-16-14-46(28-58(54)74-60)62-39(7)19-34(2)20-40(62)8/h13-32H,1-12H3. The zero-order valence-electron chi connectivity index (χ0n) is 44.1. The number of rotatable bonds is 4. The fraction of sp³-hybridized carbons (Fsp3) is 0.176. The number of hydrogen-bond acceptors (Lipinski definition) is 4. The van der Waals surface area contributed by atoms with E-state index < -0.39 is 0 Å². The molecule has 0 N–H and O–H groups in total. The second kappa shape index (κ2) is 16.0. The Bertz CT molecular complexity index is 4440. The summed E-state index contributed by atoms with van der Waals surface area (Å²) in [4.78, 5) is 31.2. The summed E-state index contributed by atoms with van der Waals surface area (Å²) in [5, 5.41) is 1.94. The molecule has 0 aliphatic rings. The van der Waals surface area contributed by atoms with E-state index in [1.165, 1.54) is 55.6 Å². The highest BCUT2D eigenvalue weighted by Crippen LogP contribution is 2.42. The molecule has 6 heteroatoms. The van der Waals surface area contributed by atoms with Gasteiger partial charge in [0.05, 0.1) is 32.8 Å². The molecule has 0 saturated heterocycles. The van der Waals surface area contributed by atoms with E-state index >= 15 is 9.59 Å². The van der Waals surface area contributed by atoms with Crippen LogP contribution in [0.3, 0.4) is 0 Å². The minimum absolute atomic E-state index is 0.163. The summed E-state index contributed by atoms with van der Waals surface area (Å²) in [5.74, 6) is 0. The third-order valence-corrected chi connectivity index (χ3v) is 15.9. The van der Waals surface area contributed by atoms with Crippen LogP contribution in [0.4, 0.5) is 0 Å². The average Bonchev–Trinajstić information content (AvgIpc) is 3.35. The maximum atomic E-state index is 15.6. The van der Waals surface area contributed by atoms with Crippen LogP contribution >= 0.6 is 0 Å². The Labute approximate surface area is 428 Å². The normalized spacial score (nSPS) is 12.2. The van der Waals surface area contributed by atoms with Crippen molar-refractivity contribution in [3.8, 4) is 44.5 Å². The number of nitrogens with zero attached hydrogens (tertiary/aromatic N) is 2. The van der Waals surface area contributed by atoms with Crippen LogP contribution in [0.1, 0.15) is 66.8 Å². The zero-order chi connectivity index (χ0) is 51.5. The quantitative estimate of drug-likeness (QED) is 0.130. The molecule has 4 aromatic heterocycles. The molecule has 0 unspecified atom stereocenters. The van der Waals surface area contributed by atoms with Crippen LogP contribution in [-0.4, -0.2) is 8.80 Å². The molecule has 0 aliphatic carbocycles. The Morgan fingerprint density at radius 1 is 0.284 bits per heavy atom. The van der Waals surface area contributed by atoms with Crippen molar-refractivity contribution in [1.29, 1.82) is 0 Å². The fourth-order valence-electron chi connectivity index (χ4n) is 13.5. The fourth-order valence-corrected chi connectivity index (χ4v) is 13.5. The van der Waals surface area contributed by atoms with Crippen molar-refractivity contribution in [3.63, 3.8) is 0 Å². The maximum absolute atomic E-state index is 15.6. The molecule has 0 fully saturated rings. The highest BCUT2D eigenvalue weighted by molar-refractivity contribution is 6.12. The Balaban J connectivity index is 1.21. The topological polar surface area (TPSA) is 69.2 Å². The number of aryl methyl sites for hydroxylation is 12. The van der Waals surface area contributed by atoms with E-state index in [2.05, 4.69) is 195 Å². The molecule has 0 saturated carbocycles. The summed E-state index contributed by atoms with van der Waals surface area (Å²) in [6.45, 7) is 25.6. The summed E-state index contributed by atoms with van der Waals surface area (Å²) in [6.07, 6.45) is 0. The van der Waals surface area contributed by atoms with E-state index in [4.69, 9.17) is 8.83 Å². The molecule has 0 atom stereocenters. The van der Waals surface area contributed by atoms with Gasteiger partial charge < -0.3 is 17.6 Å². The second-order valence-electron chi connectivity index (χ2n) is 21.6. The van der Waals surface area contributed by atoms with Crippen LogP contribution in [0, 0.1) is 83.1 Å². The molecule has 6 nitrogen and oxygen atoms in total.